The van der Waals surface area contributed by atoms with Crippen LogP contribution in [-0.4, -0.2) is 29.4 Å². The summed E-state index contributed by atoms with van der Waals surface area (Å²) in [6.07, 6.45) is 1.72. The molecule has 1 heterocycles. The van der Waals surface area contributed by atoms with Crippen molar-refractivity contribution in [2.24, 2.45) is 0 Å². The predicted molar refractivity (Wildman–Crippen MR) is 114 cm³/mol. The van der Waals surface area contributed by atoms with E-state index in [1.54, 1.807) is 33.0 Å². The summed E-state index contributed by atoms with van der Waals surface area (Å²) in [6.45, 7) is 5.47. The molecule has 0 saturated carbocycles. The zero-order valence-corrected chi connectivity index (χ0v) is 17.6. The predicted octanol–water partition coefficient (Wildman–Crippen LogP) is 4.48. The van der Waals surface area contributed by atoms with E-state index in [1.165, 1.54) is 11.8 Å². The Morgan fingerprint density at radius 2 is 1.89 bits per heavy atom. The highest BCUT2D eigenvalue weighted by Gasteiger charge is 2.18. The van der Waals surface area contributed by atoms with Crippen LogP contribution in [0.4, 0.5) is 5.69 Å². The molecule has 0 aliphatic heterocycles. The Morgan fingerprint density at radius 3 is 2.61 bits per heavy atom. The smallest absolute Gasteiger partial charge is 0.273 e. The first-order chi connectivity index (χ1) is 13.2. The van der Waals surface area contributed by atoms with E-state index in [0.717, 1.165) is 20.1 Å². The van der Waals surface area contributed by atoms with E-state index < -0.39 is 10.2 Å². The van der Waals surface area contributed by atoms with Crippen molar-refractivity contribution < 1.29 is 13.5 Å². The minimum atomic E-state index is -3.77. The van der Waals surface area contributed by atoms with Crippen molar-refractivity contribution in [3.63, 3.8) is 0 Å². The van der Waals surface area contributed by atoms with Gasteiger partial charge in [-0.3, -0.25) is 16.8 Å². The number of benzene rings is 2. The fourth-order valence-electron chi connectivity index (χ4n) is 2.71. The van der Waals surface area contributed by atoms with Crippen molar-refractivity contribution in [1.82, 2.24) is 9.29 Å². The van der Waals surface area contributed by atoms with Crippen LogP contribution >= 0.6 is 11.8 Å². The number of pyridine rings is 1. The number of hydrogen-bond donors (Lipinski definition) is 2. The van der Waals surface area contributed by atoms with Gasteiger partial charge in [-0.05, 0) is 49.7 Å². The molecule has 0 saturated heterocycles. The van der Waals surface area contributed by atoms with E-state index in [1.807, 2.05) is 30.3 Å². The molecule has 3 aromatic rings. The maximum Gasteiger partial charge on any atom is 0.273 e. The van der Waals surface area contributed by atoms with E-state index in [9.17, 15) is 13.5 Å². The van der Waals surface area contributed by atoms with E-state index in [0.29, 0.717) is 21.7 Å². The lowest BCUT2D eigenvalue weighted by Gasteiger charge is -2.25. The molecule has 2 N–H and O–H groups in total. The molecule has 0 atom stereocenters. The van der Waals surface area contributed by atoms with Crippen molar-refractivity contribution in [3.8, 4) is 5.75 Å². The van der Waals surface area contributed by atoms with Crippen molar-refractivity contribution in [1.29, 1.82) is 0 Å². The Morgan fingerprint density at radius 1 is 1.18 bits per heavy atom. The minimum Gasteiger partial charge on any atom is -0.506 e. The lowest BCUT2D eigenvalue weighted by molar-refractivity contribution is 0.457. The standard InChI is InChI=1S/C20H22N3O3S2/c1-5-23(4)28(25,26)22-16-12-18(20(24)14(3)13(16)2)27-17-10-6-8-15-9-7-11-21-19(15)17/h6-12,22,24H,4-5H2,1-3H3/q-1. The second-order valence-corrected chi connectivity index (χ2v) is 9.08. The Hall–Kier alpha value is -2.29. The fraction of sp³-hybridized carbons (Fsp3) is 0.200. The Labute approximate surface area is 169 Å². The largest absolute Gasteiger partial charge is 0.506 e. The topological polar surface area (TPSA) is 82.5 Å². The van der Waals surface area contributed by atoms with Gasteiger partial charge in [-0.15, -0.1) is 0 Å². The number of nitrogens with zero attached hydrogens (tertiary/aromatic N) is 2. The van der Waals surface area contributed by atoms with Crippen molar-refractivity contribution in [2.45, 2.75) is 30.6 Å². The number of phenols is 1. The van der Waals surface area contributed by atoms with Crippen molar-refractivity contribution in [2.75, 3.05) is 11.3 Å². The fourth-order valence-corrected chi connectivity index (χ4v) is 4.74. The van der Waals surface area contributed by atoms with Gasteiger partial charge in [0, 0.05) is 16.5 Å². The first-order valence-electron chi connectivity index (χ1n) is 8.70. The summed E-state index contributed by atoms with van der Waals surface area (Å²) >= 11 is 1.34. The second-order valence-electron chi connectivity index (χ2n) is 6.33. The van der Waals surface area contributed by atoms with Gasteiger partial charge in [-0.1, -0.05) is 36.9 Å². The lowest BCUT2D eigenvalue weighted by Crippen LogP contribution is -2.30. The molecule has 0 aliphatic rings. The molecule has 3 rings (SSSR count). The zero-order valence-electron chi connectivity index (χ0n) is 15.9. The zero-order chi connectivity index (χ0) is 20.5. The van der Waals surface area contributed by atoms with Crippen LogP contribution in [0.5, 0.6) is 5.75 Å². The van der Waals surface area contributed by atoms with Gasteiger partial charge >= 0.3 is 0 Å². The number of fused-ring (bicyclic) bond motifs is 1. The van der Waals surface area contributed by atoms with Gasteiger partial charge in [0.25, 0.3) is 10.2 Å². The third-order valence-electron chi connectivity index (χ3n) is 4.58. The van der Waals surface area contributed by atoms with Gasteiger partial charge in [-0.2, -0.15) is 8.42 Å². The Bertz CT molecular complexity index is 1130. The van der Waals surface area contributed by atoms with Crippen LogP contribution < -0.4 is 4.72 Å². The number of anilines is 1. The third-order valence-corrected chi connectivity index (χ3v) is 7.07. The Kier molecular flexibility index (Phi) is 5.83. The summed E-state index contributed by atoms with van der Waals surface area (Å²) in [5.41, 5.74) is 2.51. The maximum absolute atomic E-state index is 12.4. The van der Waals surface area contributed by atoms with Gasteiger partial charge in [0.2, 0.25) is 0 Å². The highest BCUT2D eigenvalue weighted by molar-refractivity contribution is 7.99. The molecule has 2 aromatic carbocycles. The molecule has 0 unspecified atom stereocenters. The van der Waals surface area contributed by atoms with E-state index in [-0.39, 0.29) is 12.3 Å². The van der Waals surface area contributed by atoms with Crippen LogP contribution in [0, 0.1) is 20.9 Å². The van der Waals surface area contributed by atoms with Crippen LogP contribution in [0.3, 0.4) is 0 Å². The molecule has 8 heteroatoms. The Balaban J connectivity index is 2.06. The van der Waals surface area contributed by atoms with Crippen molar-refractivity contribution >= 4 is 38.6 Å². The summed E-state index contributed by atoms with van der Waals surface area (Å²) in [7, 11) is -0.232. The van der Waals surface area contributed by atoms with E-state index >= 15 is 0 Å². The normalized spacial score (nSPS) is 11.9. The second kappa shape index (κ2) is 7.98. The molecule has 0 fully saturated rings. The maximum atomic E-state index is 12.4. The summed E-state index contributed by atoms with van der Waals surface area (Å²) in [5, 5.41) is 11.6. The van der Waals surface area contributed by atoms with E-state index in [2.05, 4.69) is 16.8 Å². The summed E-state index contributed by atoms with van der Waals surface area (Å²) < 4.78 is 28.3. The van der Waals surface area contributed by atoms with Crippen LogP contribution in [-0.2, 0) is 10.2 Å². The number of hydrogen-bond acceptors (Lipinski definition) is 5. The van der Waals surface area contributed by atoms with Gasteiger partial charge in [0.05, 0.1) is 16.1 Å². The van der Waals surface area contributed by atoms with Crippen molar-refractivity contribution in [3.05, 3.63) is 60.8 Å². The average Bonchev–Trinajstić information content (AvgIpc) is 2.69. The third kappa shape index (κ3) is 3.94. The van der Waals surface area contributed by atoms with Crippen LogP contribution in [0.1, 0.15) is 18.1 Å². The molecule has 0 radical (unpaired) electrons. The van der Waals surface area contributed by atoms with Crippen LogP contribution in [0.2, 0.25) is 0 Å². The molecule has 1 aromatic heterocycles. The van der Waals surface area contributed by atoms with Crippen LogP contribution in [0.15, 0.2) is 52.4 Å². The molecule has 0 spiro atoms. The number of rotatable bonds is 6. The summed E-state index contributed by atoms with van der Waals surface area (Å²) in [4.78, 5) is 5.85. The molecular weight excluding hydrogens is 394 g/mol. The minimum absolute atomic E-state index is 0.125. The molecule has 6 nitrogen and oxygen atoms in total. The number of nitrogens with one attached hydrogen (secondary N) is 1. The van der Waals surface area contributed by atoms with E-state index in [4.69, 9.17) is 0 Å². The molecule has 0 aliphatic carbocycles. The molecular formula is C20H22N3O3S2-. The molecule has 0 bridgehead atoms. The number of para-hydroxylation sites is 1. The van der Waals surface area contributed by atoms with Crippen LogP contribution in [0.25, 0.3) is 10.9 Å². The average molecular weight is 417 g/mol. The van der Waals surface area contributed by atoms with Gasteiger partial charge in [0.1, 0.15) is 5.75 Å². The molecule has 148 valence electrons. The first kappa shape index (κ1) is 20.4. The molecule has 0 amide bonds. The van der Waals surface area contributed by atoms with Gasteiger partial charge < -0.3 is 9.41 Å². The quantitative estimate of drug-likeness (QED) is 0.457. The first-order valence-corrected chi connectivity index (χ1v) is 11.0. The number of phenolic OH excluding ortho intramolecular Hbond substituents is 1. The van der Waals surface area contributed by atoms with Gasteiger partial charge in [-0.25, -0.2) is 0 Å². The SMILES string of the molecule is [CH2-]N(CC)S(=O)(=O)Nc1cc(Sc2cccc3cccnc23)c(O)c(C)c1C. The highest BCUT2D eigenvalue weighted by Crippen LogP contribution is 2.42. The summed E-state index contributed by atoms with van der Waals surface area (Å²) in [6, 6.07) is 11.3. The number of aromatic hydroxyl groups is 1. The highest BCUT2D eigenvalue weighted by atomic mass is 32.2. The lowest BCUT2D eigenvalue weighted by atomic mass is 10.1. The summed E-state index contributed by atoms with van der Waals surface area (Å²) in [5.74, 6) is 0.125. The van der Waals surface area contributed by atoms with Gasteiger partial charge in [0.15, 0.2) is 0 Å². The number of aromatic nitrogens is 1. The molecule has 28 heavy (non-hydrogen) atoms. The monoisotopic (exact) mass is 416 g/mol.